The average Bonchev–Trinajstić information content (AvgIpc) is 2.81. The first-order valence-electron chi connectivity index (χ1n) is 6.37. The van der Waals surface area contributed by atoms with E-state index in [1.165, 1.54) is 11.0 Å². The zero-order chi connectivity index (χ0) is 14.9. The Labute approximate surface area is 116 Å². The van der Waals surface area contributed by atoms with Gasteiger partial charge in [0.1, 0.15) is 11.6 Å². The van der Waals surface area contributed by atoms with Gasteiger partial charge in [0.05, 0.1) is 11.0 Å². The second kappa shape index (κ2) is 5.11. The number of carbonyl (C=O) groups is 2. The first-order chi connectivity index (χ1) is 9.37. The number of halogens is 1. The van der Waals surface area contributed by atoms with Gasteiger partial charge in [-0.25, -0.2) is 4.39 Å². The van der Waals surface area contributed by atoms with E-state index in [0.29, 0.717) is 13.0 Å². The van der Waals surface area contributed by atoms with Crippen molar-refractivity contribution in [3.63, 3.8) is 0 Å². The van der Waals surface area contributed by atoms with Crippen molar-refractivity contribution in [2.24, 2.45) is 5.41 Å². The number of phenols is 1. The van der Waals surface area contributed by atoms with Crippen LogP contribution in [-0.4, -0.2) is 42.0 Å². The first kappa shape index (κ1) is 14.3. The maximum absolute atomic E-state index is 12.9. The molecule has 1 fully saturated rings. The summed E-state index contributed by atoms with van der Waals surface area (Å²) >= 11 is 0. The van der Waals surface area contributed by atoms with Gasteiger partial charge in [-0.05, 0) is 25.5 Å². The number of hydrogen-bond acceptors (Lipinski definition) is 3. The standard InChI is InChI=1S/C14H17FN2O3/c1-14(13(20)16-2)5-6-17(8-14)12(19)10-4-3-9(15)7-11(10)18/h3-4,7,18H,5-6,8H2,1-2H3,(H,16,20). The highest BCUT2D eigenvalue weighted by molar-refractivity contribution is 5.97. The van der Waals surface area contributed by atoms with Gasteiger partial charge in [0.25, 0.3) is 5.91 Å². The van der Waals surface area contributed by atoms with Crippen LogP contribution in [0.5, 0.6) is 5.75 Å². The SMILES string of the molecule is CNC(=O)C1(C)CCN(C(=O)c2ccc(F)cc2O)C1. The number of nitrogens with one attached hydrogen (secondary N) is 1. The molecule has 0 aromatic heterocycles. The van der Waals surface area contributed by atoms with E-state index >= 15 is 0 Å². The minimum atomic E-state index is -0.625. The summed E-state index contributed by atoms with van der Waals surface area (Å²) in [5.41, 5.74) is -0.576. The summed E-state index contributed by atoms with van der Waals surface area (Å²) in [7, 11) is 1.56. The molecule has 0 saturated carbocycles. The second-order valence-corrected chi connectivity index (χ2v) is 5.28. The lowest BCUT2D eigenvalue weighted by atomic mass is 9.89. The Morgan fingerprint density at radius 1 is 1.45 bits per heavy atom. The third-order valence-corrected chi connectivity index (χ3v) is 3.73. The number of hydrogen-bond donors (Lipinski definition) is 2. The normalized spacial score (nSPS) is 21.9. The minimum Gasteiger partial charge on any atom is -0.507 e. The van der Waals surface area contributed by atoms with Crippen molar-refractivity contribution in [3.05, 3.63) is 29.6 Å². The number of carbonyl (C=O) groups excluding carboxylic acids is 2. The van der Waals surface area contributed by atoms with Crippen molar-refractivity contribution >= 4 is 11.8 Å². The van der Waals surface area contributed by atoms with Crippen LogP contribution < -0.4 is 5.32 Å². The monoisotopic (exact) mass is 280 g/mol. The predicted octanol–water partition coefficient (Wildman–Crippen LogP) is 1.13. The highest BCUT2D eigenvalue weighted by Crippen LogP contribution is 2.32. The smallest absolute Gasteiger partial charge is 0.257 e. The van der Waals surface area contributed by atoms with Crippen molar-refractivity contribution in [1.29, 1.82) is 0 Å². The minimum absolute atomic E-state index is 0.0487. The molecule has 0 aliphatic carbocycles. The molecule has 2 N–H and O–H groups in total. The number of benzene rings is 1. The molecular formula is C14H17FN2O3. The van der Waals surface area contributed by atoms with Gasteiger partial charge in [0, 0.05) is 26.2 Å². The van der Waals surface area contributed by atoms with E-state index in [4.69, 9.17) is 0 Å². The van der Waals surface area contributed by atoms with Crippen molar-refractivity contribution in [3.8, 4) is 5.75 Å². The van der Waals surface area contributed by atoms with Crippen molar-refractivity contribution in [2.45, 2.75) is 13.3 Å². The van der Waals surface area contributed by atoms with Crippen LogP contribution in [0.3, 0.4) is 0 Å². The fraction of sp³-hybridized carbons (Fsp3) is 0.429. The van der Waals surface area contributed by atoms with Crippen LogP contribution >= 0.6 is 0 Å². The van der Waals surface area contributed by atoms with Crippen LogP contribution in [0.4, 0.5) is 4.39 Å². The summed E-state index contributed by atoms with van der Waals surface area (Å²) in [6.07, 6.45) is 0.556. The third-order valence-electron chi connectivity index (χ3n) is 3.73. The summed E-state index contributed by atoms with van der Waals surface area (Å²) in [4.78, 5) is 25.6. The Morgan fingerprint density at radius 3 is 2.75 bits per heavy atom. The van der Waals surface area contributed by atoms with Crippen molar-refractivity contribution in [1.82, 2.24) is 10.2 Å². The Balaban J connectivity index is 2.18. The highest BCUT2D eigenvalue weighted by Gasteiger charge is 2.41. The molecule has 1 saturated heterocycles. The third kappa shape index (κ3) is 2.45. The molecule has 2 rings (SSSR count). The summed E-state index contributed by atoms with van der Waals surface area (Å²) < 4.78 is 12.9. The number of likely N-dealkylation sites (tertiary alicyclic amines) is 1. The molecular weight excluding hydrogens is 263 g/mol. The maximum Gasteiger partial charge on any atom is 0.257 e. The second-order valence-electron chi connectivity index (χ2n) is 5.28. The van der Waals surface area contributed by atoms with E-state index in [2.05, 4.69) is 5.32 Å². The lowest BCUT2D eigenvalue weighted by Gasteiger charge is -2.23. The molecule has 1 aromatic carbocycles. The largest absolute Gasteiger partial charge is 0.507 e. The summed E-state index contributed by atoms with van der Waals surface area (Å²) in [5.74, 6) is -1.49. The number of phenolic OH excluding ortho intramolecular Hbond substituents is 1. The highest BCUT2D eigenvalue weighted by atomic mass is 19.1. The lowest BCUT2D eigenvalue weighted by Crippen LogP contribution is -2.40. The number of amides is 2. The molecule has 1 aliphatic heterocycles. The van der Waals surface area contributed by atoms with Gasteiger partial charge in [-0.15, -0.1) is 0 Å². The quantitative estimate of drug-likeness (QED) is 0.853. The van der Waals surface area contributed by atoms with Crippen molar-refractivity contribution in [2.75, 3.05) is 20.1 Å². The topological polar surface area (TPSA) is 69.6 Å². The Kier molecular flexibility index (Phi) is 3.65. The average molecular weight is 280 g/mol. The lowest BCUT2D eigenvalue weighted by molar-refractivity contribution is -0.128. The Morgan fingerprint density at radius 2 is 2.15 bits per heavy atom. The van der Waals surface area contributed by atoms with E-state index < -0.39 is 17.1 Å². The molecule has 1 atom stereocenters. The zero-order valence-electron chi connectivity index (χ0n) is 11.4. The van der Waals surface area contributed by atoms with Crippen LogP contribution in [-0.2, 0) is 4.79 Å². The van der Waals surface area contributed by atoms with Gasteiger partial charge in [0.2, 0.25) is 5.91 Å². The Bertz CT molecular complexity index is 561. The van der Waals surface area contributed by atoms with E-state index in [0.717, 1.165) is 12.1 Å². The fourth-order valence-electron chi connectivity index (χ4n) is 2.48. The van der Waals surface area contributed by atoms with Crippen molar-refractivity contribution < 1.29 is 19.1 Å². The van der Waals surface area contributed by atoms with Gasteiger partial charge in [-0.2, -0.15) is 0 Å². The molecule has 0 bridgehead atoms. The maximum atomic E-state index is 12.9. The molecule has 20 heavy (non-hydrogen) atoms. The molecule has 1 heterocycles. The summed E-state index contributed by atoms with van der Waals surface area (Å²) in [5, 5.41) is 12.2. The molecule has 2 amide bonds. The number of rotatable bonds is 2. The van der Waals surface area contributed by atoms with Crippen LogP contribution in [0.1, 0.15) is 23.7 Å². The molecule has 108 valence electrons. The van der Waals surface area contributed by atoms with Gasteiger partial charge in [-0.1, -0.05) is 0 Å². The van der Waals surface area contributed by atoms with Crippen LogP contribution in [0.15, 0.2) is 18.2 Å². The van der Waals surface area contributed by atoms with Gasteiger partial charge < -0.3 is 15.3 Å². The van der Waals surface area contributed by atoms with Crippen LogP contribution in [0.25, 0.3) is 0 Å². The van der Waals surface area contributed by atoms with Gasteiger partial charge in [-0.3, -0.25) is 9.59 Å². The Hall–Kier alpha value is -2.11. The molecule has 0 spiro atoms. The van der Waals surface area contributed by atoms with Gasteiger partial charge in [0.15, 0.2) is 0 Å². The number of nitrogens with zero attached hydrogens (tertiary/aromatic N) is 1. The van der Waals surface area contributed by atoms with Crippen LogP contribution in [0, 0.1) is 11.2 Å². The predicted molar refractivity (Wildman–Crippen MR) is 70.8 cm³/mol. The molecule has 1 aromatic rings. The fourth-order valence-corrected chi connectivity index (χ4v) is 2.48. The summed E-state index contributed by atoms with van der Waals surface area (Å²) in [6, 6.07) is 3.28. The van der Waals surface area contributed by atoms with Crippen LogP contribution in [0.2, 0.25) is 0 Å². The molecule has 0 radical (unpaired) electrons. The molecule has 5 nitrogen and oxygen atoms in total. The number of aromatic hydroxyl groups is 1. The first-order valence-corrected chi connectivity index (χ1v) is 6.37. The van der Waals surface area contributed by atoms with E-state index in [-0.39, 0.29) is 23.8 Å². The molecule has 1 unspecified atom stereocenters. The van der Waals surface area contributed by atoms with E-state index in [1.54, 1.807) is 14.0 Å². The molecule has 6 heteroatoms. The van der Waals surface area contributed by atoms with E-state index in [9.17, 15) is 19.1 Å². The zero-order valence-corrected chi connectivity index (χ0v) is 11.4. The van der Waals surface area contributed by atoms with E-state index in [1.807, 2.05) is 0 Å². The molecule has 1 aliphatic rings. The summed E-state index contributed by atoms with van der Waals surface area (Å²) in [6.45, 7) is 2.51. The van der Waals surface area contributed by atoms with Gasteiger partial charge >= 0.3 is 0 Å².